The maximum Gasteiger partial charge on any atom is 0.236 e. The number of carbonyl (C=O) groups is 2. The van der Waals surface area contributed by atoms with Crippen LogP contribution in [0.15, 0.2) is 0 Å². The largest absolute Gasteiger partial charge is 0.379 e. The van der Waals surface area contributed by atoms with Crippen molar-refractivity contribution < 1.29 is 14.3 Å². The third-order valence-electron chi connectivity index (χ3n) is 4.54. The van der Waals surface area contributed by atoms with Gasteiger partial charge >= 0.3 is 0 Å². The molecule has 0 atom stereocenters. The maximum absolute atomic E-state index is 12.3. The highest BCUT2D eigenvalue weighted by molar-refractivity contribution is 5.81. The van der Waals surface area contributed by atoms with Crippen molar-refractivity contribution >= 4 is 11.8 Å². The number of ether oxygens (including phenoxy) is 1. The average molecular weight is 296 g/mol. The summed E-state index contributed by atoms with van der Waals surface area (Å²) in [6.45, 7) is 7.83. The molecule has 0 saturated carbocycles. The van der Waals surface area contributed by atoms with E-state index < -0.39 is 0 Å². The number of amides is 2. The molecule has 0 aromatic heterocycles. The van der Waals surface area contributed by atoms with Gasteiger partial charge in [0, 0.05) is 52.4 Å². The van der Waals surface area contributed by atoms with E-state index in [1.165, 1.54) is 0 Å². The molecular weight excluding hydrogens is 272 g/mol. The van der Waals surface area contributed by atoms with Gasteiger partial charge in [-0.05, 0) is 0 Å². The van der Waals surface area contributed by atoms with Crippen LogP contribution in [0.5, 0.6) is 0 Å². The summed E-state index contributed by atoms with van der Waals surface area (Å²) >= 11 is 0. The Kier molecular flexibility index (Phi) is 4.72. The first-order valence-electron chi connectivity index (χ1n) is 7.81. The van der Waals surface area contributed by atoms with Gasteiger partial charge in [0.25, 0.3) is 0 Å². The van der Waals surface area contributed by atoms with Crippen LogP contribution in [0.25, 0.3) is 0 Å². The van der Waals surface area contributed by atoms with E-state index >= 15 is 0 Å². The number of rotatable bonds is 3. The molecule has 3 fully saturated rings. The van der Waals surface area contributed by atoms with Gasteiger partial charge in [-0.2, -0.15) is 0 Å². The number of morpholine rings is 1. The quantitative estimate of drug-likeness (QED) is 0.666. The van der Waals surface area contributed by atoms with Gasteiger partial charge in [0.1, 0.15) is 0 Å². The molecule has 1 N–H and O–H groups in total. The summed E-state index contributed by atoms with van der Waals surface area (Å²) in [5, 5.41) is 3.13. The molecule has 3 aliphatic rings. The third-order valence-corrected chi connectivity index (χ3v) is 4.54. The Morgan fingerprint density at radius 2 is 1.57 bits per heavy atom. The molecule has 0 aliphatic carbocycles. The van der Waals surface area contributed by atoms with E-state index in [1.807, 2.05) is 9.80 Å². The van der Waals surface area contributed by atoms with Crippen molar-refractivity contribution in [1.29, 1.82) is 0 Å². The minimum atomic E-state index is 0.153. The van der Waals surface area contributed by atoms with Crippen molar-refractivity contribution in [1.82, 2.24) is 20.0 Å². The fourth-order valence-corrected chi connectivity index (χ4v) is 2.95. The molecule has 3 heterocycles. The zero-order valence-corrected chi connectivity index (χ0v) is 12.4. The summed E-state index contributed by atoms with van der Waals surface area (Å²) in [5.74, 6) is 0.573. The van der Waals surface area contributed by atoms with Gasteiger partial charge in [0.05, 0.1) is 25.7 Å². The lowest BCUT2D eigenvalue weighted by molar-refractivity contribution is -0.144. The second-order valence-electron chi connectivity index (χ2n) is 5.95. The van der Waals surface area contributed by atoms with Gasteiger partial charge in [0.15, 0.2) is 0 Å². The van der Waals surface area contributed by atoms with Gasteiger partial charge < -0.3 is 19.9 Å². The SMILES string of the molecule is O=C(CN1CCOCC1)N1CCN(C(=O)C2CNC2)CC1. The number of nitrogens with zero attached hydrogens (tertiary/aromatic N) is 3. The first-order valence-corrected chi connectivity index (χ1v) is 7.81. The Labute approximate surface area is 125 Å². The molecule has 7 heteroatoms. The van der Waals surface area contributed by atoms with Gasteiger partial charge in [-0.3, -0.25) is 14.5 Å². The molecule has 7 nitrogen and oxygen atoms in total. The van der Waals surface area contributed by atoms with Crippen LogP contribution in [0.4, 0.5) is 0 Å². The van der Waals surface area contributed by atoms with Crippen LogP contribution in [0, 0.1) is 5.92 Å². The van der Waals surface area contributed by atoms with E-state index in [4.69, 9.17) is 4.74 Å². The van der Waals surface area contributed by atoms with Gasteiger partial charge in [0.2, 0.25) is 11.8 Å². The van der Waals surface area contributed by atoms with Crippen molar-refractivity contribution in [2.45, 2.75) is 0 Å². The third kappa shape index (κ3) is 3.53. The lowest BCUT2D eigenvalue weighted by Gasteiger charge is -2.39. The second-order valence-corrected chi connectivity index (χ2v) is 5.95. The zero-order valence-electron chi connectivity index (χ0n) is 12.4. The number of piperazine rings is 1. The van der Waals surface area contributed by atoms with Crippen LogP contribution >= 0.6 is 0 Å². The predicted octanol–water partition coefficient (Wildman–Crippen LogP) is -1.79. The highest BCUT2D eigenvalue weighted by Crippen LogP contribution is 2.11. The maximum atomic E-state index is 12.3. The highest BCUT2D eigenvalue weighted by atomic mass is 16.5. The fraction of sp³-hybridized carbons (Fsp3) is 0.857. The summed E-state index contributed by atoms with van der Waals surface area (Å²) in [7, 11) is 0. The Morgan fingerprint density at radius 1 is 0.952 bits per heavy atom. The van der Waals surface area contributed by atoms with Crippen LogP contribution in [-0.2, 0) is 14.3 Å². The number of hydrogen-bond donors (Lipinski definition) is 1. The molecule has 3 rings (SSSR count). The molecule has 118 valence electrons. The Balaban J connectivity index is 1.42. The van der Waals surface area contributed by atoms with Crippen molar-refractivity contribution in [3.8, 4) is 0 Å². The first-order chi connectivity index (χ1) is 10.2. The van der Waals surface area contributed by atoms with E-state index in [0.717, 1.165) is 26.2 Å². The summed E-state index contributed by atoms with van der Waals surface area (Å²) in [5.41, 5.74) is 0. The zero-order chi connectivity index (χ0) is 14.7. The van der Waals surface area contributed by atoms with E-state index in [9.17, 15) is 9.59 Å². The predicted molar refractivity (Wildman–Crippen MR) is 76.8 cm³/mol. The molecule has 0 aromatic carbocycles. The molecule has 21 heavy (non-hydrogen) atoms. The Morgan fingerprint density at radius 3 is 2.14 bits per heavy atom. The number of hydrogen-bond acceptors (Lipinski definition) is 5. The van der Waals surface area contributed by atoms with E-state index in [-0.39, 0.29) is 17.7 Å². The average Bonchev–Trinajstić information content (AvgIpc) is 2.46. The van der Waals surface area contributed by atoms with Crippen molar-refractivity contribution in [3.63, 3.8) is 0 Å². The number of nitrogens with one attached hydrogen (secondary N) is 1. The standard InChI is InChI=1S/C14H24N4O3/c19-13(11-16-5-7-21-8-6-16)17-1-3-18(4-2-17)14(20)12-9-15-10-12/h12,15H,1-11H2. The summed E-state index contributed by atoms with van der Waals surface area (Å²) < 4.78 is 5.29. The molecule has 2 amide bonds. The smallest absolute Gasteiger partial charge is 0.236 e. The van der Waals surface area contributed by atoms with Crippen LogP contribution in [0.2, 0.25) is 0 Å². The normalized spacial score (nSPS) is 24.8. The van der Waals surface area contributed by atoms with Crippen molar-refractivity contribution in [3.05, 3.63) is 0 Å². The molecule has 0 unspecified atom stereocenters. The molecule has 0 spiro atoms. The molecule has 3 aliphatic heterocycles. The summed E-state index contributed by atoms with van der Waals surface area (Å²) in [6, 6.07) is 0. The fourth-order valence-electron chi connectivity index (χ4n) is 2.95. The van der Waals surface area contributed by atoms with E-state index in [2.05, 4.69) is 10.2 Å². The summed E-state index contributed by atoms with van der Waals surface area (Å²) in [6.07, 6.45) is 0. The minimum absolute atomic E-state index is 0.153. The van der Waals surface area contributed by atoms with Gasteiger partial charge in [-0.15, -0.1) is 0 Å². The topological polar surface area (TPSA) is 65.1 Å². The van der Waals surface area contributed by atoms with Crippen LogP contribution < -0.4 is 5.32 Å². The molecule has 0 aromatic rings. The highest BCUT2D eigenvalue weighted by Gasteiger charge is 2.32. The molecule has 3 saturated heterocycles. The Bertz CT molecular complexity index is 386. The van der Waals surface area contributed by atoms with Crippen LogP contribution in [0.3, 0.4) is 0 Å². The minimum Gasteiger partial charge on any atom is -0.379 e. The lowest BCUT2D eigenvalue weighted by atomic mass is 10.0. The molecular formula is C14H24N4O3. The van der Waals surface area contributed by atoms with Crippen LogP contribution in [-0.4, -0.2) is 98.6 Å². The lowest BCUT2D eigenvalue weighted by Crippen LogP contribution is -2.58. The molecule has 0 bridgehead atoms. The van der Waals surface area contributed by atoms with E-state index in [0.29, 0.717) is 45.9 Å². The Hall–Kier alpha value is -1.18. The van der Waals surface area contributed by atoms with Crippen molar-refractivity contribution in [2.24, 2.45) is 5.92 Å². The second kappa shape index (κ2) is 6.72. The van der Waals surface area contributed by atoms with Crippen molar-refractivity contribution in [2.75, 3.05) is 72.1 Å². The van der Waals surface area contributed by atoms with E-state index in [1.54, 1.807) is 0 Å². The van der Waals surface area contributed by atoms with Gasteiger partial charge in [-0.25, -0.2) is 0 Å². The number of carbonyl (C=O) groups excluding carboxylic acids is 2. The molecule has 0 radical (unpaired) electrons. The van der Waals surface area contributed by atoms with Crippen LogP contribution in [0.1, 0.15) is 0 Å². The monoisotopic (exact) mass is 296 g/mol. The summed E-state index contributed by atoms with van der Waals surface area (Å²) in [4.78, 5) is 30.3. The first kappa shape index (κ1) is 14.7. The van der Waals surface area contributed by atoms with Gasteiger partial charge in [-0.1, -0.05) is 0 Å².